The summed E-state index contributed by atoms with van der Waals surface area (Å²) in [6.45, 7) is 2.79. The van der Waals surface area contributed by atoms with Crippen molar-refractivity contribution in [1.82, 2.24) is 20.6 Å². The maximum atomic E-state index is 11.3. The minimum atomic E-state index is -0.0717. The lowest BCUT2D eigenvalue weighted by Crippen LogP contribution is -2.51. The van der Waals surface area contributed by atoms with E-state index in [1.807, 2.05) is 73.7 Å². The molecule has 1 unspecified atom stereocenters. The first-order valence-corrected chi connectivity index (χ1v) is 11.0. The molecule has 0 bridgehead atoms. The van der Waals surface area contributed by atoms with Crippen LogP contribution in [0.5, 0.6) is 11.5 Å². The molecule has 4 aromatic rings. The van der Waals surface area contributed by atoms with E-state index in [-0.39, 0.29) is 18.5 Å². The topological polar surface area (TPSA) is 88.2 Å². The second kappa shape index (κ2) is 9.61. The van der Waals surface area contributed by atoms with Crippen LogP contribution in [0, 0.1) is 18.8 Å². The monoisotopic (exact) mass is 449 g/mol. The molecule has 2 heterocycles. The van der Waals surface area contributed by atoms with Crippen LogP contribution in [0.25, 0.3) is 10.9 Å². The molecule has 34 heavy (non-hydrogen) atoms. The Kier molecular flexibility index (Phi) is 6.06. The summed E-state index contributed by atoms with van der Waals surface area (Å²) < 4.78 is 5.99. The first kappa shape index (κ1) is 21.4. The highest BCUT2D eigenvalue weighted by atomic mass is 16.5. The van der Waals surface area contributed by atoms with Crippen molar-refractivity contribution in [3.8, 4) is 23.3 Å². The summed E-state index contributed by atoms with van der Waals surface area (Å²) >= 11 is 0. The lowest BCUT2D eigenvalue weighted by Gasteiger charge is -2.19. The molecule has 0 aliphatic carbocycles. The van der Waals surface area contributed by atoms with Crippen molar-refractivity contribution in [2.75, 3.05) is 18.4 Å². The molecule has 0 spiro atoms. The third-order valence-corrected chi connectivity index (χ3v) is 5.45. The first-order chi connectivity index (χ1) is 16.6. The maximum absolute atomic E-state index is 11.3. The highest BCUT2D eigenvalue weighted by Crippen LogP contribution is 2.29. The van der Waals surface area contributed by atoms with Gasteiger partial charge in [0.1, 0.15) is 23.6 Å². The number of fused-ring (bicyclic) bond motifs is 1. The molecular weight excluding hydrogens is 426 g/mol. The number of anilines is 2. The van der Waals surface area contributed by atoms with Gasteiger partial charge in [0.05, 0.1) is 18.1 Å². The van der Waals surface area contributed by atoms with E-state index >= 15 is 0 Å². The lowest BCUT2D eigenvalue weighted by molar-refractivity contribution is -0.121. The Labute approximate surface area is 197 Å². The van der Waals surface area contributed by atoms with E-state index in [1.54, 1.807) is 6.33 Å². The van der Waals surface area contributed by atoms with Gasteiger partial charge in [0, 0.05) is 23.2 Å². The quantitative estimate of drug-likeness (QED) is 0.410. The van der Waals surface area contributed by atoms with Gasteiger partial charge in [0.15, 0.2) is 0 Å². The molecular formula is C27H23N5O2. The number of piperazine rings is 1. The molecule has 0 saturated carbocycles. The zero-order valence-electron chi connectivity index (χ0n) is 18.6. The van der Waals surface area contributed by atoms with Crippen molar-refractivity contribution in [3.63, 3.8) is 0 Å². The van der Waals surface area contributed by atoms with Crippen molar-refractivity contribution in [3.05, 3.63) is 84.2 Å². The van der Waals surface area contributed by atoms with Crippen molar-refractivity contribution >= 4 is 28.3 Å². The number of aryl methyl sites for hydroxylation is 1. The summed E-state index contributed by atoms with van der Waals surface area (Å²) in [7, 11) is 0. The van der Waals surface area contributed by atoms with Gasteiger partial charge >= 0.3 is 0 Å². The van der Waals surface area contributed by atoms with Crippen LogP contribution in [0.1, 0.15) is 11.1 Å². The van der Waals surface area contributed by atoms with Gasteiger partial charge < -0.3 is 15.4 Å². The van der Waals surface area contributed by atoms with E-state index in [4.69, 9.17) is 4.74 Å². The number of amides is 1. The lowest BCUT2D eigenvalue weighted by atomic mass is 10.1. The van der Waals surface area contributed by atoms with Crippen LogP contribution in [-0.2, 0) is 4.79 Å². The number of hydrogen-bond donors (Lipinski definition) is 3. The van der Waals surface area contributed by atoms with Crippen molar-refractivity contribution in [1.29, 1.82) is 0 Å². The van der Waals surface area contributed by atoms with E-state index in [1.165, 1.54) is 0 Å². The Balaban J connectivity index is 1.37. The second-order valence-electron chi connectivity index (χ2n) is 7.98. The number of carbonyl (C=O) groups is 1. The van der Waals surface area contributed by atoms with E-state index in [9.17, 15) is 4.79 Å². The average molecular weight is 450 g/mol. The Morgan fingerprint density at radius 2 is 1.94 bits per heavy atom. The maximum Gasteiger partial charge on any atom is 0.234 e. The third kappa shape index (κ3) is 4.98. The molecule has 1 aliphatic rings. The van der Waals surface area contributed by atoms with Crippen LogP contribution in [0.2, 0.25) is 0 Å². The minimum absolute atomic E-state index is 0.00785. The molecule has 3 aromatic carbocycles. The molecule has 1 aliphatic heterocycles. The molecule has 3 N–H and O–H groups in total. The molecule has 1 amide bonds. The molecule has 168 valence electrons. The standard InChI is InChI=1S/C27H23N5O2/c1-18-13-20(10-12-25(18)34-22-5-3-2-4-6-22)32-27-23-14-19(8-11-24(23)30-17-31-27)7-9-21-15-29-26(33)16-28-21/h2-6,8,10-14,17,21,28H,15-16H2,1H3,(H,29,33)(H,30,31,32). The summed E-state index contributed by atoms with van der Waals surface area (Å²) in [4.78, 5) is 20.1. The minimum Gasteiger partial charge on any atom is -0.457 e. The number of carbonyl (C=O) groups excluding carboxylic acids is 1. The molecule has 1 fully saturated rings. The number of benzene rings is 3. The highest BCUT2D eigenvalue weighted by molar-refractivity contribution is 5.91. The van der Waals surface area contributed by atoms with Crippen LogP contribution in [0.15, 0.2) is 73.1 Å². The average Bonchev–Trinajstić information content (AvgIpc) is 2.86. The number of para-hydroxylation sites is 1. The second-order valence-corrected chi connectivity index (χ2v) is 7.98. The Hall–Kier alpha value is -4.41. The number of ether oxygens (including phenoxy) is 1. The predicted molar refractivity (Wildman–Crippen MR) is 132 cm³/mol. The largest absolute Gasteiger partial charge is 0.457 e. The van der Waals surface area contributed by atoms with Gasteiger partial charge in [-0.25, -0.2) is 9.97 Å². The van der Waals surface area contributed by atoms with Gasteiger partial charge in [-0.3, -0.25) is 10.1 Å². The fourth-order valence-corrected chi connectivity index (χ4v) is 3.67. The normalized spacial score (nSPS) is 15.2. The van der Waals surface area contributed by atoms with Crippen LogP contribution < -0.4 is 20.7 Å². The summed E-state index contributed by atoms with van der Waals surface area (Å²) in [5, 5.41) is 10.2. The summed E-state index contributed by atoms with van der Waals surface area (Å²) in [6, 6.07) is 21.4. The molecule has 7 nitrogen and oxygen atoms in total. The first-order valence-electron chi connectivity index (χ1n) is 11.0. The van der Waals surface area contributed by atoms with Crippen molar-refractivity contribution in [2.24, 2.45) is 0 Å². The fourth-order valence-electron chi connectivity index (χ4n) is 3.67. The Morgan fingerprint density at radius 1 is 1.06 bits per heavy atom. The van der Waals surface area contributed by atoms with Crippen molar-refractivity contribution < 1.29 is 9.53 Å². The third-order valence-electron chi connectivity index (χ3n) is 5.45. The number of nitrogens with one attached hydrogen (secondary N) is 3. The van der Waals surface area contributed by atoms with Crippen molar-refractivity contribution in [2.45, 2.75) is 13.0 Å². The molecule has 1 aromatic heterocycles. The Bertz CT molecular complexity index is 1400. The smallest absolute Gasteiger partial charge is 0.234 e. The van der Waals surface area contributed by atoms with E-state index < -0.39 is 0 Å². The Morgan fingerprint density at radius 3 is 2.74 bits per heavy atom. The van der Waals surface area contributed by atoms with Gasteiger partial charge in [-0.1, -0.05) is 30.0 Å². The zero-order valence-corrected chi connectivity index (χ0v) is 18.6. The highest BCUT2D eigenvalue weighted by Gasteiger charge is 2.14. The molecule has 1 saturated heterocycles. The molecule has 5 rings (SSSR count). The fraction of sp³-hybridized carbons (Fsp3) is 0.148. The van der Waals surface area contributed by atoms with E-state index in [2.05, 4.69) is 37.8 Å². The van der Waals surface area contributed by atoms with E-state index in [0.29, 0.717) is 12.4 Å². The van der Waals surface area contributed by atoms with Gasteiger partial charge in [0.25, 0.3) is 0 Å². The van der Waals surface area contributed by atoms with Gasteiger partial charge in [-0.2, -0.15) is 0 Å². The van der Waals surface area contributed by atoms with Crippen LogP contribution in [0.3, 0.4) is 0 Å². The SMILES string of the molecule is Cc1cc(Nc2ncnc3ccc(C#CC4CNC(=O)CN4)cc23)ccc1Oc1ccccc1. The van der Waals surface area contributed by atoms with Gasteiger partial charge in [-0.15, -0.1) is 0 Å². The summed E-state index contributed by atoms with van der Waals surface area (Å²) in [6.07, 6.45) is 1.55. The molecule has 0 radical (unpaired) electrons. The number of aromatic nitrogens is 2. The molecule has 7 heteroatoms. The molecule has 1 atom stereocenters. The summed E-state index contributed by atoms with van der Waals surface area (Å²) in [5.74, 6) is 8.66. The van der Waals surface area contributed by atoms with Gasteiger partial charge in [0.2, 0.25) is 5.91 Å². The summed E-state index contributed by atoms with van der Waals surface area (Å²) in [5.41, 5.74) is 3.58. The number of hydrogen-bond acceptors (Lipinski definition) is 6. The predicted octanol–water partition coefficient (Wildman–Crippen LogP) is 3.91. The van der Waals surface area contributed by atoms with Crippen LogP contribution in [0.4, 0.5) is 11.5 Å². The zero-order chi connectivity index (χ0) is 23.3. The number of nitrogens with zero attached hydrogens (tertiary/aromatic N) is 2. The number of rotatable bonds is 4. The van der Waals surface area contributed by atoms with Crippen LogP contribution >= 0.6 is 0 Å². The van der Waals surface area contributed by atoms with Crippen LogP contribution in [-0.4, -0.2) is 35.0 Å². The van der Waals surface area contributed by atoms with E-state index in [0.717, 1.165) is 39.2 Å². The van der Waals surface area contributed by atoms with Gasteiger partial charge in [-0.05, 0) is 61.0 Å².